The number of nitrogens with one attached hydrogen (secondary N) is 3. The van der Waals surface area contributed by atoms with Gasteiger partial charge in [0, 0.05) is 31.6 Å². The summed E-state index contributed by atoms with van der Waals surface area (Å²) in [6.07, 6.45) is 2.45. The smallest absolute Gasteiger partial charge is 0.314 e. The van der Waals surface area contributed by atoms with Crippen molar-refractivity contribution in [1.29, 1.82) is 0 Å². The number of hydrogen-bond acceptors (Lipinski definition) is 4. The lowest BCUT2D eigenvalue weighted by molar-refractivity contribution is -0.137. The SMILES string of the molecule is Cc1ccoc1C(=O)NCCCNC(=O)NCCCC(=O)O. The number of aliphatic carboxylic acids is 1. The third kappa shape index (κ3) is 6.78. The molecule has 22 heavy (non-hydrogen) atoms. The molecule has 0 saturated carbocycles. The quantitative estimate of drug-likeness (QED) is 0.504. The number of urea groups is 1. The van der Waals surface area contributed by atoms with E-state index in [0.29, 0.717) is 38.2 Å². The zero-order chi connectivity index (χ0) is 16.4. The van der Waals surface area contributed by atoms with E-state index in [0.717, 1.165) is 5.56 Å². The number of carbonyl (C=O) groups is 3. The molecule has 0 aliphatic rings. The third-order valence-corrected chi connectivity index (χ3v) is 2.85. The number of hydrogen-bond donors (Lipinski definition) is 4. The van der Waals surface area contributed by atoms with Crippen LogP contribution in [0.3, 0.4) is 0 Å². The van der Waals surface area contributed by atoms with Gasteiger partial charge in [0.15, 0.2) is 5.76 Å². The van der Waals surface area contributed by atoms with Crippen LogP contribution in [0.1, 0.15) is 35.4 Å². The van der Waals surface area contributed by atoms with Crippen molar-refractivity contribution >= 4 is 17.9 Å². The molecule has 1 aromatic heterocycles. The molecule has 0 aliphatic carbocycles. The number of aryl methyl sites for hydroxylation is 1. The first-order valence-corrected chi connectivity index (χ1v) is 7.06. The largest absolute Gasteiger partial charge is 0.481 e. The molecule has 1 rings (SSSR count). The number of carbonyl (C=O) groups excluding carboxylic acids is 2. The zero-order valence-corrected chi connectivity index (χ0v) is 12.5. The molecule has 0 saturated heterocycles. The van der Waals surface area contributed by atoms with E-state index in [2.05, 4.69) is 16.0 Å². The predicted octanol–water partition coefficient (Wildman–Crippen LogP) is 0.872. The summed E-state index contributed by atoms with van der Waals surface area (Å²) in [5.74, 6) is -0.866. The molecule has 1 heterocycles. The van der Waals surface area contributed by atoms with Crippen LogP contribution in [0, 0.1) is 6.92 Å². The Hall–Kier alpha value is -2.51. The van der Waals surface area contributed by atoms with Gasteiger partial charge in [-0.2, -0.15) is 0 Å². The first-order chi connectivity index (χ1) is 10.5. The highest BCUT2D eigenvalue weighted by molar-refractivity contribution is 5.92. The van der Waals surface area contributed by atoms with Gasteiger partial charge in [0.1, 0.15) is 0 Å². The van der Waals surface area contributed by atoms with E-state index in [-0.39, 0.29) is 18.4 Å². The van der Waals surface area contributed by atoms with Gasteiger partial charge in [-0.3, -0.25) is 9.59 Å². The monoisotopic (exact) mass is 311 g/mol. The molecule has 0 atom stereocenters. The lowest BCUT2D eigenvalue weighted by atomic mass is 10.2. The van der Waals surface area contributed by atoms with Crippen molar-refractivity contribution in [2.75, 3.05) is 19.6 Å². The number of furan rings is 1. The van der Waals surface area contributed by atoms with E-state index in [1.165, 1.54) is 6.26 Å². The van der Waals surface area contributed by atoms with Crippen LogP contribution in [0.15, 0.2) is 16.7 Å². The van der Waals surface area contributed by atoms with Crippen LogP contribution < -0.4 is 16.0 Å². The Kier molecular flexibility index (Phi) is 7.52. The summed E-state index contributed by atoms with van der Waals surface area (Å²) >= 11 is 0. The Morgan fingerprint density at radius 2 is 1.73 bits per heavy atom. The van der Waals surface area contributed by atoms with Crippen molar-refractivity contribution in [3.63, 3.8) is 0 Å². The molecule has 0 spiro atoms. The third-order valence-electron chi connectivity index (χ3n) is 2.85. The molecule has 4 N–H and O–H groups in total. The van der Waals surface area contributed by atoms with Gasteiger partial charge in [-0.05, 0) is 25.8 Å². The van der Waals surface area contributed by atoms with Gasteiger partial charge in [-0.25, -0.2) is 4.79 Å². The van der Waals surface area contributed by atoms with E-state index < -0.39 is 5.97 Å². The minimum Gasteiger partial charge on any atom is -0.481 e. The molecule has 8 nitrogen and oxygen atoms in total. The lowest BCUT2D eigenvalue weighted by Crippen LogP contribution is -2.37. The fraction of sp³-hybridized carbons (Fsp3) is 0.500. The second-order valence-corrected chi connectivity index (χ2v) is 4.72. The molecule has 8 heteroatoms. The van der Waals surface area contributed by atoms with Crippen LogP contribution in [0.4, 0.5) is 4.79 Å². The highest BCUT2D eigenvalue weighted by Crippen LogP contribution is 2.07. The van der Waals surface area contributed by atoms with Crippen LogP contribution in [-0.4, -0.2) is 42.6 Å². The highest BCUT2D eigenvalue weighted by Gasteiger charge is 2.11. The summed E-state index contributed by atoms with van der Waals surface area (Å²) in [5.41, 5.74) is 0.774. The zero-order valence-electron chi connectivity index (χ0n) is 12.5. The molecule has 1 aromatic rings. The van der Waals surface area contributed by atoms with Gasteiger partial charge in [-0.15, -0.1) is 0 Å². The molecule has 0 fully saturated rings. The Bertz CT molecular complexity index is 512. The fourth-order valence-corrected chi connectivity index (χ4v) is 1.68. The van der Waals surface area contributed by atoms with E-state index in [4.69, 9.17) is 9.52 Å². The first-order valence-electron chi connectivity index (χ1n) is 7.06. The van der Waals surface area contributed by atoms with Crippen molar-refractivity contribution in [2.24, 2.45) is 0 Å². The van der Waals surface area contributed by atoms with Crippen molar-refractivity contribution in [1.82, 2.24) is 16.0 Å². The minimum absolute atomic E-state index is 0.0263. The van der Waals surface area contributed by atoms with E-state index in [1.807, 2.05) is 0 Å². The Morgan fingerprint density at radius 3 is 2.32 bits per heavy atom. The molecule has 3 amide bonds. The van der Waals surface area contributed by atoms with Crippen molar-refractivity contribution in [3.8, 4) is 0 Å². The number of carboxylic acid groups (broad SMARTS) is 1. The van der Waals surface area contributed by atoms with E-state index in [9.17, 15) is 14.4 Å². The van der Waals surface area contributed by atoms with Crippen LogP contribution >= 0.6 is 0 Å². The summed E-state index contributed by atoms with van der Waals surface area (Å²) in [7, 11) is 0. The first kappa shape index (κ1) is 17.5. The number of rotatable bonds is 9. The van der Waals surface area contributed by atoms with Crippen LogP contribution in [0.2, 0.25) is 0 Å². The summed E-state index contributed by atoms with van der Waals surface area (Å²) in [6, 6.07) is 1.36. The van der Waals surface area contributed by atoms with Crippen molar-refractivity contribution in [3.05, 3.63) is 23.7 Å². The highest BCUT2D eigenvalue weighted by atomic mass is 16.4. The normalized spacial score (nSPS) is 10.0. The molecule has 0 radical (unpaired) electrons. The van der Waals surface area contributed by atoms with Gasteiger partial charge >= 0.3 is 12.0 Å². The maximum atomic E-state index is 11.7. The van der Waals surface area contributed by atoms with Crippen molar-refractivity contribution < 1.29 is 23.9 Å². The van der Waals surface area contributed by atoms with Crippen molar-refractivity contribution in [2.45, 2.75) is 26.2 Å². The Balaban J connectivity index is 2.03. The summed E-state index contributed by atoms with van der Waals surface area (Å²) in [4.78, 5) is 33.3. The minimum atomic E-state index is -0.884. The van der Waals surface area contributed by atoms with Crippen LogP contribution in [-0.2, 0) is 4.79 Å². The summed E-state index contributed by atoms with van der Waals surface area (Å²) in [5, 5.41) is 16.3. The molecule has 0 unspecified atom stereocenters. The number of carboxylic acids is 1. The standard InChI is InChI=1S/C14H21N3O5/c1-10-5-9-22-12(10)13(20)15-7-3-8-17-14(21)16-6-2-4-11(18)19/h5,9H,2-4,6-8H2,1H3,(H,15,20)(H,18,19)(H2,16,17,21). The predicted molar refractivity (Wildman–Crippen MR) is 78.7 cm³/mol. The van der Waals surface area contributed by atoms with Gasteiger partial charge in [-0.1, -0.05) is 0 Å². The second kappa shape index (κ2) is 9.43. The average Bonchev–Trinajstić information content (AvgIpc) is 2.89. The maximum absolute atomic E-state index is 11.7. The van der Waals surface area contributed by atoms with E-state index in [1.54, 1.807) is 13.0 Å². The van der Waals surface area contributed by atoms with Crippen LogP contribution in [0.5, 0.6) is 0 Å². The molecular formula is C14H21N3O5. The van der Waals surface area contributed by atoms with Gasteiger partial charge < -0.3 is 25.5 Å². The summed E-state index contributed by atoms with van der Waals surface area (Å²) in [6.45, 7) is 2.92. The molecule has 0 bridgehead atoms. The van der Waals surface area contributed by atoms with Crippen LogP contribution in [0.25, 0.3) is 0 Å². The fourth-order valence-electron chi connectivity index (χ4n) is 1.68. The molecule has 0 aliphatic heterocycles. The Labute approximate surface area is 128 Å². The Morgan fingerprint density at radius 1 is 1.09 bits per heavy atom. The molecular weight excluding hydrogens is 290 g/mol. The van der Waals surface area contributed by atoms with Gasteiger partial charge in [0.25, 0.3) is 5.91 Å². The molecule has 0 aromatic carbocycles. The van der Waals surface area contributed by atoms with Gasteiger partial charge in [0.2, 0.25) is 0 Å². The average molecular weight is 311 g/mol. The number of amides is 3. The van der Waals surface area contributed by atoms with E-state index >= 15 is 0 Å². The maximum Gasteiger partial charge on any atom is 0.314 e. The summed E-state index contributed by atoms with van der Waals surface area (Å²) < 4.78 is 5.06. The second-order valence-electron chi connectivity index (χ2n) is 4.72. The molecule has 122 valence electrons. The lowest BCUT2D eigenvalue weighted by Gasteiger charge is -2.07. The topological polar surface area (TPSA) is 121 Å². The van der Waals surface area contributed by atoms with Gasteiger partial charge in [0.05, 0.1) is 6.26 Å².